The summed E-state index contributed by atoms with van der Waals surface area (Å²) in [5.74, 6) is 22.4. The minimum Gasteiger partial charge on any atom is -0.166 e. The van der Waals surface area contributed by atoms with Gasteiger partial charge in [-0.3, -0.25) is 0 Å². The van der Waals surface area contributed by atoms with Crippen LogP contribution in [0.4, 0.5) is 26.3 Å². The summed E-state index contributed by atoms with van der Waals surface area (Å²) in [6, 6.07) is 14.1. The van der Waals surface area contributed by atoms with Gasteiger partial charge in [0.2, 0.25) is 0 Å². The number of rotatable bonds is 12. The maximum atomic E-state index is 13.9. The zero-order valence-corrected chi connectivity index (χ0v) is 28.9. The third kappa shape index (κ3) is 14.5. The molecule has 0 aliphatic heterocycles. The second kappa shape index (κ2) is 20.9. The Kier molecular flexibility index (Phi) is 16.7. The molecule has 0 atom stereocenters. The van der Waals surface area contributed by atoms with Crippen molar-refractivity contribution in [2.45, 2.75) is 116 Å². The van der Waals surface area contributed by atoms with E-state index in [1.807, 2.05) is 0 Å². The SMILES string of the molecule is CCCCCCCCC#Cc1ccc(C#Cc2ccc(C#Cc3ccc(C#CCCCCCCCC)cc3C(F)(F)F)cc2)c(C(F)(F)F)c1. The van der Waals surface area contributed by atoms with Crippen LogP contribution in [-0.2, 0) is 12.4 Å². The van der Waals surface area contributed by atoms with Crippen LogP contribution in [-0.4, -0.2) is 0 Å². The molecule has 262 valence electrons. The van der Waals surface area contributed by atoms with Crippen LogP contribution >= 0.6 is 0 Å². The van der Waals surface area contributed by atoms with Gasteiger partial charge in [0, 0.05) is 46.2 Å². The maximum Gasteiger partial charge on any atom is 0.417 e. The lowest BCUT2D eigenvalue weighted by atomic mass is 10.0. The van der Waals surface area contributed by atoms with Crippen molar-refractivity contribution >= 4 is 0 Å². The highest BCUT2D eigenvalue weighted by atomic mass is 19.4. The van der Waals surface area contributed by atoms with Gasteiger partial charge in [-0.1, -0.05) is 125 Å². The second-order valence-corrected chi connectivity index (χ2v) is 12.2. The van der Waals surface area contributed by atoms with E-state index in [1.165, 1.54) is 62.8 Å². The molecule has 0 spiro atoms. The molecule has 0 saturated carbocycles. The fraction of sp³-hybridized carbons (Fsp3) is 0.409. The Morgan fingerprint density at radius 2 is 0.740 bits per heavy atom. The fourth-order valence-corrected chi connectivity index (χ4v) is 5.16. The van der Waals surface area contributed by atoms with E-state index >= 15 is 0 Å². The lowest BCUT2D eigenvalue weighted by molar-refractivity contribution is -0.138. The van der Waals surface area contributed by atoms with E-state index in [1.54, 1.807) is 24.3 Å². The molecule has 0 saturated heterocycles. The molecule has 6 heteroatoms. The number of hydrogen-bond acceptors (Lipinski definition) is 0. The maximum absolute atomic E-state index is 13.9. The van der Waals surface area contributed by atoms with Crippen LogP contribution in [0.2, 0.25) is 0 Å². The van der Waals surface area contributed by atoms with Crippen molar-refractivity contribution in [3.8, 4) is 47.4 Å². The quantitative estimate of drug-likeness (QED) is 0.101. The van der Waals surface area contributed by atoms with E-state index in [9.17, 15) is 26.3 Å². The zero-order valence-electron chi connectivity index (χ0n) is 28.9. The third-order valence-corrected chi connectivity index (χ3v) is 7.99. The van der Waals surface area contributed by atoms with E-state index in [-0.39, 0.29) is 22.3 Å². The van der Waals surface area contributed by atoms with Gasteiger partial charge in [0.15, 0.2) is 0 Å². The number of alkyl halides is 6. The Morgan fingerprint density at radius 3 is 1.10 bits per heavy atom. The molecule has 50 heavy (non-hydrogen) atoms. The van der Waals surface area contributed by atoms with Crippen molar-refractivity contribution in [1.82, 2.24) is 0 Å². The summed E-state index contributed by atoms with van der Waals surface area (Å²) in [5.41, 5.74) is -0.592. The Balaban J connectivity index is 1.69. The van der Waals surface area contributed by atoms with Crippen LogP contribution < -0.4 is 0 Å². The van der Waals surface area contributed by atoms with Crippen molar-refractivity contribution in [2.75, 3.05) is 0 Å². The van der Waals surface area contributed by atoms with Gasteiger partial charge in [0.05, 0.1) is 11.1 Å². The van der Waals surface area contributed by atoms with Gasteiger partial charge in [-0.15, -0.1) is 0 Å². The molecule has 0 aliphatic carbocycles. The highest BCUT2D eigenvalue weighted by molar-refractivity contribution is 5.54. The van der Waals surface area contributed by atoms with Crippen LogP contribution in [0, 0.1) is 47.4 Å². The summed E-state index contributed by atoms with van der Waals surface area (Å²) in [5, 5.41) is 0. The summed E-state index contributed by atoms with van der Waals surface area (Å²) < 4.78 is 83.2. The van der Waals surface area contributed by atoms with E-state index in [0.29, 0.717) is 24.0 Å². The number of benzene rings is 3. The number of halogens is 6. The first-order chi connectivity index (χ1) is 24.0. The molecule has 0 bridgehead atoms. The van der Waals surface area contributed by atoms with E-state index in [4.69, 9.17) is 0 Å². The molecular weight excluding hydrogens is 642 g/mol. The minimum atomic E-state index is -4.60. The van der Waals surface area contributed by atoms with E-state index < -0.39 is 23.5 Å². The van der Waals surface area contributed by atoms with Gasteiger partial charge in [0.25, 0.3) is 0 Å². The third-order valence-electron chi connectivity index (χ3n) is 7.99. The summed E-state index contributed by atoms with van der Waals surface area (Å²) in [6.45, 7) is 4.31. The van der Waals surface area contributed by atoms with Crippen molar-refractivity contribution in [1.29, 1.82) is 0 Å². The first kappa shape index (κ1) is 39.9. The van der Waals surface area contributed by atoms with Gasteiger partial charge in [-0.2, -0.15) is 26.3 Å². The van der Waals surface area contributed by atoms with Gasteiger partial charge in [-0.05, 0) is 73.5 Å². The van der Waals surface area contributed by atoms with Crippen molar-refractivity contribution < 1.29 is 26.3 Å². The van der Waals surface area contributed by atoms with Crippen LogP contribution in [0.3, 0.4) is 0 Å². The van der Waals surface area contributed by atoms with Crippen LogP contribution in [0.5, 0.6) is 0 Å². The van der Waals surface area contributed by atoms with Crippen molar-refractivity contribution in [3.63, 3.8) is 0 Å². The Hall–Kier alpha value is -4.52. The smallest absolute Gasteiger partial charge is 0.166 e. The first-order valence-electron chi connectivity index (χ1n) is 17.6. The Bertz CT molecular complexity index is 1630. The first-order valence-corrected chi connectivity index (χ1v) is 17.6. The van der Waals surface area contributed by atoms with Gasteiger partial charge in [-0.25, -0.2) is 0 Å². The molecular formula is C44H44F6. The summed E-state index contributed by atoms with van der Waals surface area (Å²) >= 11 is 0. The summed E-state index contributed by atoms with van der Waals surface area (Å²) in [6.07, 6.45) is 5.48. The molecule has 3 rings (SSSR count). The molecule has 0 amide bonds. The van der Waals surface area contributed by atoms with Gasteiger partial charge < -0.3 is 0 Å². The summed E-state index contributed by atoms with van der Waals surface area (Å²) in [7, 11) is 0. The highest BCUT2D eigenvalue weighted by Gasteiger charge is 2.34. The van der Waals surface area contributed by atoms with Crippen LogP contribution in [0.1, 0.15) is 148 Å². The molecule has 0 heterocycles. The monoisotopic (exact) mass is 686 g/mol. The van der Waals surface area contributed by atoms with Crippen LogP contribution in [0.15, 0.2) is 60.7 Å². The molecule has 0 aromatic heterocycles. The Labute approximate surface area is 294 Å². The molecule has 0 N–H and O–H groups in total. The van der Waals surface area contributed by atoms with Crippen molar-refractivity contribution in [3.05, 3.63) is 105 Å². The number of unbranched alkanes of at least 4 members (excludes halogenated alkanes) is 12. The van der Waals surface area contributed by atoms with Gasteiger partial charge >= 0.3 is 12.4 Å². The molecule has 3 aromatic carbocycles. The average Bonchev–Trinajstić information content (AvgIpc) is 3.09. The van der Waals surface area contributed by atoms with Crippen LogP contribution in [0.25, 0.3) is 0 Å². The lowest BCUT2D eigenvalue weighted by Crippen LogP contribution is -2.08. The Morgan fingerprint density at radius 1 is 0.400 bits per heavy atom. The second-order valence-electron chi connectivity index (χ2n) is 12.2. The predicted molar refractivity (Wildman–Crippen MR) is 191 cm³/mol. The fourth-order valence-electron chi connectivity index (χ4n) is 5.16. The molecule has 0 fully saturated rings. The van der Waals surface area contributed by atoms with E-state index in [2.05, 4.69) is 61.2 Å². The molecule has 0 radical (unpaired) electrons. The molecule has 0 unspecified atom stereocenters. The van der Waals surface area contributed by atoms with E-state index in [0.717, 1.165) is 50.7 Å². The largest absolute Gasteiger partial charge is 0.417 e. The summed E-state index contributed by atoms with van der Waals surface area (Å²) in [4.78, 5) is 0. The normalized spacial score (nSPS) is 10.9. The lowest BCUT2D eigenvalue weighted by Gasteiger charge is -2.09. The molecule has 0 aliphatic rings. The highest BCUT2D eigenvalue weighted by Crippen LogP contribution is 2.33. The average molecular weight is 687 g/mol. The topological polar surface area (TPSA) is 0 Å². The van der Waals surface area contributed by atoms with Crippen molar-refractivity contribution in [2.24, 2.45) is 0 Å². The van der Waals surface area contributed by atoms with Gasteiger partial charge in [0.1, 0.15) is 0 Å². The molecule has 0 nitrogen and oxygen atoms in total. The standard InChI is InChI=1S/C44H44F6/c1-3-5-7-9-11-13-15-17-19-37-27-31-39(41(33-37)43(45,46)47)29-25-35-21-23-36(24-22-35)26-30-40-32-28-38(34-42(40)44(48,49)50)20-18-16-14-12-10-8-6-4-2/h21-24,27-28,31-34H,3-16H2,1-2H3. The minimum absolute atomic E-state index is 0.168. The predicted octanol–water partition coefficient (Wildman–Crippen LogP) is 12.7. The number of hydrogen-bond donors (Lipinski definition) is 0. The zero-order chi connectivity index (χ0) is 36.2. The molecule has 3 aromatic rings.